The van der Waals surface area contributed by atoms with Crippen molar-refractivity contribution in [2.45, 2.75) is 25.6 Å². The van der Waals surface area contributed by atoms with Crippen LogP contribution in [0.25, 0.3) is 0 Å². The molecule has 1 aliphatic heterocycles. The van der Waals surface area contributed by atoms with Gasteiger partial charge in [-0.1, -0.05) is 54.1 Å². The van der Waals surface area contributed by atoms with E-state index in [1.807, 2.05) is 18.2 Å². The Bertz CT molecular complexity index is 674. The fourth-order valence-corrected chi connectivity index (χ4v) is 3.28. The third-order valence-corrected chi connectivity index (χ3v) is 4.79. The van der Waals surface area contributed by atoms with E-state index in [0.717, 1.165) is 30.8 Å². The van der Waals surface area contributed by atoms with E-state index >= 15 is 0 Å². The molecule has 0 saturated carbocycles. The largest absolute Gasteiger partial charge is 0.492 e. The van der Waals surface area contributed by atoms with Crippen molar-refractivity contribution in [2.75, 3.05) is 33.5 Å². The predicted molar refractivity (Wildman–Crippen MR) is 104 cm³/mol. The molecule has 0 aliphatic carbocycles. The molecule has 2 aromatic carbocycles. The van der Waals surface area contributed by atoms with Gasteiger partial charge in [-0.25, -0.2) is 0 Å². The molecule has 5 heteroatoms. The zero-order valence-electron chi connectivity index (χ0n) is 15.2. The standard InChI is InChI=1S/C21H26ClNO3/c1-23(14-17-6-3-2-4-7-17)15-18-8-5-9-20(21(18)22)26-11-10-19-16-24-12-13-25-19/h2-9,19H,10-16H2,1H3. The van der Waals surface area contributed by atoms with E-state index in [1.54, 1.807) is 0 Å². The van der Waals surface area contributed by atoms with E-state index in [0.29, 0.717) is 31.5 Å². The van der Waals surface area contributed by atoms with Crippen molar-refractivity contribution < 1.29 is 14.2 Å². The summed E-state index contributed by atoms with van der Waals surface area (Å²) in [6.45, 7) is 4.20. The molecule has 1 unspecified atom stereocenters. The molecule has 0 N–H and O–H groups in total. The number of benzene rings is 2. The van der Waals surface area contributed by atoms with Gasteiger partial charge in [0, 0.05) is 19.5 Å². The lowest BCUT2D eigenvalue weighted by molar-refractivity contribution is -0.0935. The highest BCUT2D eigenvalue weighted by Crippen LogP contribution is 2.29. The van der Waals surface area contributed by atoms with Crippen LogP contribution in [0.5, 0.6) is 5.75 Å². The fraction of sp³-hybridized carbons (Fsp3) is 0.429. The second-order valence-corrected chi connectivity index (χ2v) is 6.97. The first-order chi connectivity index (χ1) is 12.7. The summed E-state index contributed by atoms with van der Waals surface area (Å²) in [4.78, 5) is 2.24. The van der Waals surface area contributed by atoms with Crippen LogP contribution in [0.3, 0.4) is 0 Å². The van der Waals surface area contributed by atoms with Crippen LogP contribution < -0.4 is 4.74 Å². The monoisotopic (exact) mass is 375 g/mol. The van der Waals surface area contributed by atoms with Crippen molar-refractivity contribution in [1.29, 1.82) is 0 Å². The molecule has 0 bridgehead atoms. The third kappa shape index (κ3) is 5.71. The highest BCUT2D eigenvalue weighted by Gasteiger charge is 2.15. The summed E-state index contributed by atoms with van der Waals surface area (Å²) in [5.41, 5.74) is 2.35. The van der Waals surface area contributed by atoms with Crippen LogP contribution in [0, 0.1) is 0 Å². The van der Waals surface area contributed by atoms with E-state index in [2.05, 4.69) is 42.3 Å². The van der Waals surface area contributed by atoms with Crippen LogP contribution in [0.4, 0.5) is 0 Å². The summed E-state index contributed by atoms with van der Waals surface area (Å²) in [5.74, 6) is 0.731. The highest BCUT2D eigenvalue weighted by molar-refractivity contribution is 6.32. The highest BCUT2D eigenvalue weighted by atomic mass is 35.5. The molecule has 1 heterocycles. The van der Waals surface area contributed by atoms with Crippen LogP contribution >= 0.6 is 11.6 Å². The average molecular weight is 376 g/mol. The summed E-state index contributed by atoms with van der Waals surface area (Å²) in [6, 6.07) is 16.4. The predicted octanol–water partition coefficient (Wildman–Crippen LogP) is 4.16. The molecule has 0 radical (unpaired) electrons. The van der Waals surface area contributed by atoms with Gasteiger partial charge in [0.05, 0.1) is 37.6 Å². The van der Waals surface area contributed by atoms with Crippen molar-refractivity contribution in [2.24, 2.45) is 0 Å². The number of hydrogen-bond donors (Lipinski definition) is 0. The van der Waals surface area contributed by atoms with Crippen LogP contribution in [0.2, 0.25) is 5.02 Å². The first-order valence-corrected chi connectivity index (χ1v) is 9.42. The summed E-state index contributed by atoms with van der Waals surface area (Å²) < 4.78 is 16.9. The van der Waals surface area contributed by atoms with E-state index in [4.69, 9.17) is 25.8 Å². The van der Waals surface area contributed by atoms with Gasteiger partial charge in [0.1, 0.15) is 5.75 Å². The minimum absolute atomic E-state index is 0.114. The van der Waals surface area contributed by atoms with Gasteiger partial charge in [0.15, 0.2) is 0 Å². The van der Waals surface area contributed by atoms with Crippen LogP contribution in [0.1, 0.15) is 17.5 Å². The molecule has 4 nitrogen and oxygen atoms in total. The Balaban J connectivity index is 1.52. The van der Waals surface area contributed by atoms with Crippen molar-refractivity contribution >= 4 is 11.6 Å². The molecule has 3 rings (SSSR count). The number of hydrogen-bond acceptors (Lipinski definition) is 4. The molecule has 0 amide bonds. The van der Waals surface area contributed by atoms with Gasteiger partial charge in [-0.05, 0) is 24.2 Å². The van der Waals surface area contributed by atoms with Crippen molar-refractivity contribution in [3.8, 4) is 5.75 Å². The molecule has 26 heavy (non-hydrogen) atoms. The van der Waals surface area contributed by atoms with Gasteiger partial charge in [-0.15, -0.1) is 0 Å². The average Bonchev–Trinajstić information content (AvgIpc) is 2.66. The molecule has 1 aliphatic rings. The van der Waals surface area contributed by atoms with Gasteiger partial charge in [-0.2, -0.15) is 0 Å². The molecule has 1 saturated heterocycles. The Kier molecular flexibility index (Phi) is 7.32. The molecule has 0 aromatic heterocycles. The molecule has 1 atom stereocenters. The Morgan fingerprint density at radius 1 is 1.08 bits per heavy atom. The minimum atomic E-state index is 0.114. The van der Waals surface area contributed by atoms with E-state index < -0.39 is 0 Å². The normalized spacial score (nSPS) is 17.4. The Hall–Kier alpha value is -1.59. The molecule has 2 aromatic rings. The summed E-state index contributed by atoms with van der Waals surface area (Å²) in [7, 11) is 2.09. The van der Waals surface area contributed by atoms with Crippen LogP contribution in [-0.4, -0.2) is 44.5 Å². The van der Waals surface area contributed by atoms with Gasteiger partial charge >= 0.3 is 0 Å². The Labute approximate surface area is 160 Å². The SMILES string of the molecule is CN(Cc1ccccc1)Cc1cccc(OCCC2COCCO2)c1Cl. The minimum Gasteiger partial charge on any atom is -0.492 e. The van der Waals surface area contributed by atoms with Crippen LogP contribution in [-0.2, 0) is 22.6 Å². The number of halogens is 1. The molecule has 0 spiro atoms. The lowest BCUT2D eigenvalue weighted by atomic mass is 10.1. The lowest BCUT2D eigenvalue weighted by Crippen LogP contribution is -2.29. The second-order valence-electron chi connectivity index (χ2n) is 6.59. The molecular formula is C21H26ClNO3. The maximum atomic E-state index is 6.57. The number of rotatable bonds is 8. The maximum Gasteiger partial charge on any atom is 0.138 e. The maximum absolute atomic E-state index is 6.57. The molecule has 140 valence electrons. The van der Waals surface area contributed by atoms with Gasteiger partial charge in [-0.3, -0.25) is 4.90 Å². The van der Waals surface area contributed by atoms with E-state index in [-0.39, 0.29) is 6.10 Å². The van der Waals surface area contributed by atoms with E-state index in [1.165, 1.54) is 5.56 Å². The topological polar surface area (TPSA) is 30.9 Å². The molecular weight excluding hydrogens is 350 g/mol. The van der Waals surface area contributed by atoms with Crippen molar-refractivity contribution in [1.82, 2.24) is 4.90 Å². The fourth-order valence-electron chi connectivity index (χ4n) is 3.04. The van der Waals surface area contributed by atoms with Crippen molar-refractivity contribution in [3.63, 3.8) is 0 Å². The number of ether oxygens (including phenoxy) is 3. The van der Waals surface area contributed by atoms with Gasteiger partial charge in [0.2, 0.25) is 0 Å². The van der Waals surface area contributed by atoms with Crippen LogP contribution in [0.15, 0.2) is 48.5 Å². The smallest absolute Gasteiger partial charge is 0.138 e. The quantitative estimate of drug-likeness (QED) is 0.693. The molecule has 1 fully saturated rings. The first-order valence-electron chi connectivity index (χ1n) is 9.04. The zero-order chi connectivity index (χ0) is 18.2. The summed E-state index contributed by atoms with van der Waals surface area (Å²) >= 11 is 6.57. The third-order valence-electron chi connectivity index (χ3n) is 4.36. The first kappa shape index (κ1) is 19.2. The second kappa shape index (κ2) is 9.93. The van der Waals surface area contributed by atoms with Crippen molar-refractivity contribution in [3.05, 3.63) is 64.7 Å². The summed E-state index contributed by atoms with van der Waals surface area (Å²) in [5, 5.41) is 0.688. The van der Waals surface area contributed by atoms with Gasteiger partial charge in [0.25, 0.3) is 0 Å². The van der Waals surface area contributed by atoms with Gasteiger partial charge < -0.3 is 14.2 Å². The van der Waals surface area contributed by atoms with E-state index in [9.17, 15) is 0 Å². The zero-order valence-corrected chi connectivity index (χ0v) is 16.0. The number of nitrogens with zero attached hydrogens (tertiary/aromatic N) is 1. The lowest BCUT2D eigenvalue weighted by Gasteiger charge is -2.23. The Morgan fingerprint density at radius 2 is 1.92 bits per heavy atom. The Morgan fingerprint density at radius 3 is 2.69 bits per heavy atom. The summed E-state index contributed by atoms with van der Waals surface area (Å²) in [6.07, 6.45) is 0.914.